The number of hydrogen-bond donors (Lipinski definition) is 1. The van der Waals surface area contributed by atoms with Crippen LogP contribution in [0.5, 0.6) is 0 Å². The third-order valence-electron chi connectivity index (χ3n) is 8.18. The van der Waals surface area contributed by atoms with Crippen LogP contribution in [0.4, 0.5) is 5.69 Å². The Morgan fingerprint density at radius 2 is 1.39 bits per heavy atom. The maximum atomic E-state index is 8.58. The van der Waals surface area contributed by atoms with E-state index in [0.717, 1.165) is 19.3 Å². The van der Waals surface area contributed by atoms with Crippen molar-refractivity contribution in [3.63, 3.8) is 0 Å². The number of nitrogens with zero attached hydrogens (tertiary/aromatic N) is 1. The minimum absolute atomic E-state index is 0.0377. The molecule has 248 valence electrons. The fourth-order valence-corrected chi connectivity index (χ4v) is 5.87. The molecule has 4 aromatic rings. The standard InChI is InChI=1S/C38H45N.2C2H6.CH3NO/c1-8-32(34-22-14-12-17-28(34)2)27-36(38(5,6)7)30(4)39(29(3)25-26-31-18-10-9-11-19-31)37-24-16-21-33-20-13-15-23-35(33)37;2*1-2;2-1-3/h8-24,29,36H,4,25-27H2,1-3,5-7H3;2*1-2H3;1H,(H2,2,3)/b32-8-;;;/t29?,36-;;;/m1.../s1. The van der Waals surface area contributed by atoms with E-state index in [0.29, 0.717) is 6.04 Å². The number of hydrogen-bond acceptors (Lipinski definition) is 2. The molecule has 0 saturated heterocycles. The first-order chi connectivity index (χ1) is 22.1. The summed E-state index contributed by atoms with van der Waals surface area (Å²) in [5, 5.41) is 2.55. The third kappa shape index (κ3) is 11.4. The van der Waals surface area contributed by atoms with Gasteiger partial charge in [0.2, 0.25) is 6.41 Å². The molecular formula is C43H60N2O. The topological polar surface area (TPSA) is 46.3 Å². The van der Waals surface area contributed by atoms with Crippen molar-refractivity contribution in [3.05, 3.63) is 132 Å². The van der Waals surface area contributed by atoms with E-state index in [2.05, 4.69) is 155 Å². The summed E-state index contributed by atoms with van der Waals surface area (Å²) in [7, 11) is 0. The molecule has 0 aliphatic carbocycles. The number of rotatable bonds is 10. The van der Waals surface area contributed by atoms with Gasteiger partial charge in [-0.25, -0.2) is 0 Å². The predicted molar refractivity (Wildman–Crippen MR) is 205 cm³/mol. The SMILES string of the molecule is C=C([C@@H](C/C(=C/C)c1ccccc1C)C(C)(C)C)N(c1cccc2ccccc12)C(C)CCc1ccccc1.CC.CC.NC=O. The molecule has 2 atom stereocenters. The van der Waals surface area contributed by atoms with Crippen LogP contribution in [0.15, 0.2) is 115 Å². The molecule has 46 heavy (non-hydrogen) atoms. The van der Waals surface area contributed by atoms with E-state index in [-0.39, 0.29) is 17.7 Å². The van der Waals surface area contributed by atoms with Gasteiger partial charge in [0, 0.05) is 28.7 Å². The Kier molecular flexibility index (Phi) is 18.1. The Morgan fingerprint density at radius 1 is 0.848 bits per heavy atom. The number of amides is 1. The van der Waals surface area contributed by atoms with Gasteiger partial charge >= 0.3 is 0 Å². The monoisotopic (exact) mass is 620 g/mol. The molecule has 4 aromatic carbocycles. The van der Waals surface area contributed by atoms with E-state index in [1.165, 1.54) is 44.4 Å². The highest BCUT2D eigenvalue weighted by atomic mass is 16.1. The number of primary amides is 1. The quantitative estimate of drug-likeness (QED) is 0.179. The number of nitrogens with two attached hydrogens (primary N) is 1. The van der Waals surface area contributed by atoms with Crippen LogP contribution in [0, 0.1) is 18.3 Å². The molecule has 0 spiro atoms. The van der Waals surface area contributed by atoms with Gasteiger partial charge in [-0.15, -0.1) is 0 Å². The Morgan fingerprint density at radius 3 is 1.98 bits per heavy atom. The van der Waals surface area contributed by atoms with Crippen molar-refractivity contribution in [2.45, 2.75) is 94.5 Å². The second kappa shape index (κ2) is 20.8. The lowest BCUT2D eigenvalue weighted by atomic mass is 9.73. The maximum Gasteiger partial charge on any atom is 0.204 e. The van der Waals surface area contributed by atoms with Crippen molar-refractivity contribution in [3.8, 4) is 0 Å². The molecule has 0 aliphatic heterocycles. The summed E-state index contributed by atoms with van der Waals surface area (Å²) in [6.07, 6.45) is 5.60. The third-order valence-corrected chi connectivity index (χ3v) is 8.18. The molecular weight excluding hydrogens is 560 g/mol. The molecule has 0 saturated carbocycles. The van der Waals surface area contributed by atoms with Gasteiger partial charge in [0.25, 0.3) is 0 Å². The highest BCUT2D eigenvalue weighted by Crippen LogP contribution is 2.43. The minimum atomic E-state index is 0.0377. The Bertz CT molecular complexity index is 1470. The van der Waals surface area contributed by atoms with Gasteiger partial charge in [0.05, 0.1) is 0 Å². The van der Waals surface area contributed by atoms with Gasteiger partial charge in [-0.3, -0.25) is 4.79 Å². The molecule has 1 amide bonds. The van der Waals surface area contributed by atoms with E-state index < -0.39 is 0 Å². The summed E-state index contributed by atoms with van der Waals surface area (Å²) in [5.41, 5.74) is 12.1. The van der Waals surface area contributed by atoms with Crippen molar-refractivity contribution in [1.29, 1.82) is 0 Å². The predicted octanol–water partition coefficient (Wildman–Crippen LogP) is 11.8. The van der Waals surface area contributed by atoms with Gasteiger partial charge in [0.1, 0.15) is 0 Å². The first kappa shape index (κ1) is 39.9. The summed E-state index contributed by atoms with van der Waals surface area (Å²) in [6.45, 7) is 26.7. The zero-order valence-electron chi connectivity index (χ0n) is 30.3. The molecule has 0 heterocycles. The van der Waals surface area contributed by atoms with Gasteiger partial charge in [-0.2, -0.15) is 0 Å². The van der Waals surface area contributed by atoms with Crippen molar-refractivity contribution in [2.75, 3.05) is 4.90 Å². The highest BCUT2D eigenvalue weighted by Gasteiger charge is 2.33. The molecule has 2 N–H and O–H groups in total. The van der Waals surface area contributed by atoms with Gasteiger partial charge in [-0.1, -0.05) is 152 Å². The first-order valence-electron chi connectivity index (χ1n) is 17.0. The van der Waals surface area contributed by atoms with Gasteiger partial charge < -0.3 is 10.6 Å². The average molecular weight is 621 g/mol. The van der Waals surface area contributed by atoms with E-state index in [1.54, 1.807) is 0 Å². The Balaban J connectivity index is 0.00000140. The van der Waals surface area contributed by atoms with Crippen LogP contribution in [-0.4, -0.2) is 12.5 Å². The molecule has 0 aliphatic rings. The van der Waals surface area contributed by atoms with Gasteiger partial charge in [0.15, 0.2) is 0 Å². The highest BCUT2D eigenvalue weighted by molar-refractivity contribution is 5.95. The van der Waals surface area contributed by atoms with Crippen LogP contribution in [0.1, 0.15) is 91.8 Å². The lowest BCUT2D eigenvalue weighted by Crippen LogP contribution is -2.39. The number of allylic oxidation sites excluding steroid dienone is 3. The average Bonchev–Trinajstić information content (AvgIpc) is 3.07. The zero-order valence-corrected chi connectivity index (χ0v) is 30.3. The van der Waals surface area contributed by atoms with E-state index in [9.17, 15) is 0 Å². The van der Waals surface area contributed by atoms with Crippen LogP contribution in [-0.2, 0) is 11.2 Å². The zero-order chi connectivity index (χ0) is 34.7. The first-order valence-corrected chi connectivity index (χ1v) is 17.0. The summed E-state index contributed by atoms with van der Waals surface area (Å²) in [5.74, 6) is 0.265. The Labute approximate surface area is 281 Å². The smallest absolute Gasteiger partial charge is 0.204 e. The van der Waals surface area contributed by atoms with E-state index in [4.69, 9.17) is 11.4 Å². The fraction of sp³-hybridized carbons (Fsp3) is 0.372. The van der Waals surface area contributed by atoms with Gasteiger partial charge in [-0.05, 0) is 79.2 Å². The summed E-state index contributed by atoms with van der Waals surface area (Å²) >= 11 is 0. The summed E-state index contributed by atoms with van der Waals surface area (Å²) in [4.78, 5) is 11.1. The second-order valence-electron chi connectivity index (χ2n) is 12.1. The van der Waals surface area contributed by atoms with Crippen molar-refractivity contribution < 1.29 is 4.79 Å². The number of aryl methyl sites for hydroxylation is 2. The molecule has 0 fully saturated rings. The van der Waals surface area contributed by atoms with Crippen molar-refractivity contribution >= 4 is 28.4 Å². The lowest BCUT2D eigenvalue weighted by molar-refractivity contribution is -0.106. The number of benzene rings is 4. The number of fused-ring (bicyclic) bond motifs is 1. The molecule has 3 nitrogen and oxygen atoms in total. The fourth-order valence-electron chi connectivity index (χ4n) is 5.87. The van der Waals surface area contributed by atoms with Crippen molar-refractivity contribution in [2.24, 2.45) is 17.1 Å². The van der Waals surface area contributed by atoms with Crippen LogP contribution in [0.2, 0.25) is 0 Å². The minimum Gasteiger partial charge on any atom is -0.372 e. The molecule has 1 unspecified atom stereocenters. The molecule has 3 heteroatoms. The Hall–Kier alpha value is -4.11. The summed E-state index contributed by atoms with van der Waals surface area (Å²) < 4.78 is 0. The number of carbonyl (C=O) groups is 1. The molecule has 0 radical (unpaired) electrons. The molecule has 0 aromatic heterocycles. The van der Waals surface area contributed by atoms with Crippen LogP contribution in [0.3, 0.4) is 0 Å². The molecule has 0 bridgehead atoms. The largest absolute Gasteiger partial charge is 0.372 e. The second-order valence-corrected chi connectivity index (χ2v) is 12.1. The van der Waals surface area contributed by atoms with Crippen LogP contribution < -0.4 is 10.6 Å². The van der Waals surface area contributed by atoms with Crippen molar-refractivity contribution in [1.82, 2.24) is 0 Å². The van der Waals surface area contributed by atoms with Crippen LogP contribution in [0.25, 0.3) is 16.3 Å². The number of carbonyl (C=O) groups excluding carboxylic acids is 1. The molecule has 4 rings (SSSR count). The van der Waals surface area contributed by atoms with Crippen LogP contribution >= 0.6 is 0 Å². The lowest BCUT2D eigenvalue weighted by Gasteiger charge is -2.42. The van der Waals surface area contributed by atoms with E-state index >= 15 is 0 Å². The van der Waals surface area contributed by atoms with E-state index in [1.807, 2.05) is 27.7 Å². The normalized spacial score (nSPS) is 12.2. The summed E-state index contributed by atoms with van der Waals surface area (Å²) in [6, 6.07) is 35.3. The number of anilines is 1. The maximum absolute atomic E-state index is 8.58.